The molecule has 0 aliphatic rings. The maximum absolute atomic E-state index is 10.6. The summed E-state index contributed by atoms with van der Waals surface area (Å²) in [4.78, 5) is 11.2. The molecule has 0 radical (unpaired) electrons. The highest BCUT2D eigenvalue weighted by Crippen LogP contribution is 2.32. The summed E-state index contributed by atoms with van der Waals surface area (Å²) in [5, 5.41) is 36.8. The molecule has 0 aliphatic carbocycles. The molecule has 0 unspecified atom stereocenters. The lowest BCUT2D eigenvalue weighted by atomic mass is 10.3. The smallest absolute Gasteiger partial charge is 0.269 e. The second-order valence-electron chi connectivity index (χ2n) is 5.54. The molecule has 0 saturated carbocycles. The third-order valence-electron chi connectivity index (χ3n) is 3.65. The van der Waals surface area contributed by atoms with Crippen molar-refractivity contribution >= 4 is 40.2 Å². The molecular formula is C19H15N5O3S. The Balaban J connectivity index is 1.68. The van der Waals surface area contributed by atoms with Crippen molar-refractivity contribution in [3.8, 4) is 5.75 Å². The standard InChI is InChI=1S/C19H15N5O3S/c1-28-17-10-11-19(25)18(12-17)23-22-14-4-2-13(3-5-14)20-21-15-6-8-16(9-7-15)24(26)27/h2-12,25H,1H3. The molecule has 3 aromatic carbocycles. The first kappa shape index (κ1) is 19.2. The fourth-order valence-corrected chi connectivity index (χ4v) is 2.60. The van der Waals surface area contributed by atoms with Crippen LogP contribution in [0.2, 0.25) is 0 Å². The van der Waals surface area contributed by atoms with Gasteiger partial charge in [0.25, 0.3) is 5.69 Å². The number of nitro benzene ring substituents is 1. The van der Waals surface area contributed by atoms with Crippen LogP contribution in [0.4, 0.5) is 28.4 Å². The maximum atomic E-state index is 10.6. The summed E-state index contributed by atoms with van der Waals surface area (Å²) in [6, 6.07) is 17.9. The molecule has 8 nitrogen and oxygen atoms in total. The zero-order valence-electron chi connectivity index (χ0n) is 14.8. The van der Waals surface area contributed by atoms with Crippen LogP contribution in [0.3, 0.4) is 0 Å². The summed E-state index contributed by atoms with van der Waals surface area (Å²) in [5.74, 6) is 0.0649. The van der Waals surface area contributed by atoms with E-state index in [1.807, 2.05) is 12.3 Å². The summed E-state index contributed by atoms with van der Waals surface area (Å²) in [6.07, 6.45) is 1.94. The lowest BCUT2D eigenvalue weighted by Crippen LogP contribution is -1.85. The van der Waals surface area contributed by atoms with Gasteiger partial charge in [0.2, 0.25) is 0 Å². The van der Waals surface area contributed by atoms with Crippen LogP contribution in [0.1, 0.15) is 0 Å². The van der Waals surface area contributed by atoms with E-state index in [-0.39, 0.29) is 11.4 Å². The molecular weight excluding hydrogens is 378 g/mol. The molecule has 3 aromatic rings. The summed E-state index contributed by atoms with van der Waals surface area (Å²) >= 11 is 1.55. The van der Waals surface area contributed by atoms with Gasteiger partial charge in [0.05, 0.1) is 22.0 Å². The van der Waals surface area contributed by atoms with Crippen LogP contribution < -0.4 is 0 Å². The number of rotatable bonds is 6. The van der Waals surface area contributed by atoms with Gasteiger partial charge in [0, 0.05) is 17.0 Å². The first-order chi connectivity index (χ1) is 13.5. The molecule has 1 N–H and O–H groups in total. The first-order valence-corrected chi connectivity index (χ1v) is 9.32. The Labute approximate surface area is 164 Å². The van der Waals surface area contributed by atoms with E-state index in [9.17, 15) is 15.2 Å². The summed E-state index contributed by atoms with van der Waals surface area (Å²) in [5.41, 5.74) is 2.11. The zero-order valence-corrected chi connectivity index (χ0v) is 15.6. The van der Waals surface area contributed by atoms with Crippen molar-refractivity contribution in [2.24, 2.45) is 20.5 Å². The van der Waals surface area contributed by atoms with E-state index in [0.717, 1.165) is 4.90 Å². The zero-order chi connectivity index (χ0) is 19.9. The van der Waals surface area contributed by atoms with Gasteiger partial charge >= 0.3 is 0 Å². The molecule has 9 heteroatoms. The molecule has 0 aliphatic heterocycles. The number of non-ortho nitro benzene ring substituents is 1. The minimum atomic E-state index is -0.467. The van der Waals surface area contributed by atoms with Gasteiger partial charge in [-0.2, -0.15) is 15.3 Å². The Kier molecular flexibility index (Phi) is 6.07. The maximum Gasteiger partial charge on any atom is 0.269 e. The SMILES string of the molecule is CSc1ccc(O)c(N=Nc2ccc(N=Nc3ccc([N+](=O)[O-])cc3)cc2)c1. The summed E-state index contributed by atoms with van der Waals surface area (Å²) < 4.78 is 0. The van der Waals surface area contributed by atoms with Crippen LogP contribution in [0, 0.1) is 10.1 Å². The molecule has 0 spiro atoms. The van der Waals surface area contributed by atoms with Crippen molar-refractivity contribution in [2.75, 3.05) is 6.26 Å². The molecule has 3 rings (SSSR count). The van der Waals surface area contributed by atoms with E-state index in [4.69, 9.17) is 0 Å². The fourth-order valence-electron chi connectivity index (χ4n) is 2.16. The van der Waals surface area contributed by atoms with E-state index in [1.54, 1.807) is 48.2 Å². The second-order valence-corrected chi connectivity index (χ2v) is 6.42. The summed E-state index contributed by atoms with van der Waals surface area (Å²) in [7, 11) is 0. The van der Waals surface area contributed by atoms with Gasteiger partial charge in [0.1, 0.15) is 11.4 Å². The first-order valence-electron chi connectivity index (χ1n) is 8.10. The van der Waals surface area contributed by atoms with Crippen LogP contribution in [0.25, 0.3) is 0 Å². The van der Waals surface area contributed by atoms with E-state index in [2.05, 4.69) is 20.5 Å². The molecule has 0 aromatic heterocycles. The molecule has 0 fully saturated rings. The lowest BCUT2D eigenvalue weighted by Gasteiger charge is -2.00. The minimum Gasteiger partial charge on any atom is -0.506 e. The average molecular weight is 393 g/mol. The predicted molar refractivity (Wildman–Crippen MR) is 108 cm³/mol. The average Bonchev–Trinajstić information content (AvgIpc) is 2.72. The van der Waals surface area contributed by atoms with E-state index < -0.39 is 4.92 Å². The van der Waals surface area contributed by atoms with Gasteiger partial charge < -0.3 is 5.11 Å². The number of nitrogens with zero attached hydrogens (tertiary/aromatic N) is 5. The molecule has 0 heterocycles. The van der Waals surface area contributed by atoms with Gasteiger partial charge in [-0.3, -0.25) is 10.1 Å². The lowest BCUT2D eigenvalue weighted by molar-refractivity contribution is -0.384. The Morgan fingerprint density at radius 1 is 0.821 bits per heavy atom. The second kappa shape index (κ2) is 8.87. The highest BCUT2D eigenvalue weighted by Gasteiger charge is 2.03. The molecule has 0 saturated heterocycles. The normalized spacial score (nSPS) is 11.3. The number of thioether (sulfide) groups is 1. The fraction of sp³-hybridized carbons (Fsp3) is 0.0526. The van der Waals surface area contributed by atoms with Crippen molar-refractivity contribution in [3.63, 3.8) is 0 Å². The molecule has 0 bridgehead atoms. The Bertz CT molecular complexity index is 1030. The Morgan fingerprint density at radius 3 is 1.82 bits per heavy atom. The van der Waals surface area contributed by atoms with Crippen LogP contribution >= 0.6 is 11.8 Å². The molecule has 28 heavy (non-hydrogen) atoms. The molecule has 0 atom stereocenters. The van der Waals surface area contributed by atoms with Crippen LogP contribution in [-0.4, -0.2) is 16.3 Å². The minimum absolute atomic E-state index is 0.00256. The van der Waals surface area contributed by atoms with Crippen LogP contribution in [-0.2, 0) is 0 Å². The van der Waals surface area contributed by atoms with Crippen molar-refractivity contribution in [1.29, 1.82) is 0 Å². The highest BCUT2D eigenvalue weighted by molar-refractivity contribution is 7.98. The van der Waals surface area contributed by atoms with Gasteiger partial charge in [-0.25, -0.2) is 0 Å². The molecule has 140 valence electrons. The van der Waals surface area contributed by atoms with Crippen molar-refractivity contribution < 1.29 is 10.0 Å². The van der Waals surface area contributed by atoms with Crippen molar-refractivity contribution in [2.45, 2.75) is 4.90 Å². The molecule has 0 amide bonds. The number of phenolic OH excluding ortho intramolecular Hbond substituents is 1. The summed E-state index contributed by atoms with van der Waals surface area (Å²) in [6.45, 7) is 0. The number of azo groups is 2. The Morgan fingerprint density at radius 2 is 1.32 bits per heavy atom. The third kappa shape index (κ3) is 4.98. The van der Waals surface area contributed by atoms with Gasteiger partial charge in [-0.1, -0.05) is 0 Å². The van der Waals surface area contributed by atoms with E-state index in [1.165, 1.54) is 24.3 Å². The van der Waals surface area contributed by atoms with Crippen molar-refractivity contribution in [3.05, 3.63) is 76.8 Å². The number of hydrogen-bond acceptors (Lipinski definition) is 8. The van der Waals surface area contributed by atoms with Crippen LogP contribution in [0.15, 0.2) is 92.1 Å². The number of nitro groups is 1. The van der Waals surface area contributed by atoms with Gasteiger partial charge in [0.15, 0.2) is 0 Å². The highest BCUT2D eigenvalue weighted by atomic mass is 32.2. The number of aromatic hydroxyl groups is 1. The topological polar surface area (TPSA) is 113 Å². The quantitative estimate of drug-likeness (QED) is 0.213. The third-order valence-corrected chi connectivity index (χ3v) is 4.37. The number of benzene rings is 3. The number of hydrogen-bond donors (Lipinski definition) is 1. The van der Waals surface area contributed by atoms with E-state index >= 15 is 0 Å². The predicted octanol–water partition coefficient (Wildman–Crippen LogP) is 6.85. The van der Waals surface area contributed by atoms with Crippen LogP contribution in [0.5, 0.6) is 5.75 Å². The van der Waals surface area contributed by atoms with E-state index in [0.29, 0.717) is 22.7 Å². The van der Waals surface area contributed by atoms with Gasteiger partial charge in [-0.05, 0) is 60.9 Å². The largest absolute Gasteiger partial charge is 0.506 e. The monoisotopic (exact) mass is 393 g/mol. The van der Waals surface area contributed by atoms with Gasteiger partial charge in [-0.15, -0.1) is 16.9 Å². The Hall–Kier alpha value is -3.59. The number of phenols is 1. The van der Waals surface area contributed by atoms with Crippen molar-refractivity contribution in [1.82, 2.24) is 0 Å².